The van der Waals surface area contributed by atoms with Gasteiger partial charge in [0.1, 0.15) is 6.04 Å². The number of nitrogens with one attached hydrogen (secondary N) is 2. The van der Waals surface area contributed by atoms with E-state index in [0.29, 0.717) is 12.2 Å². The standard InChI is InChI=1S/C26H29N5O4/c27-26(10-12-30(13-11-26)15-17-4-2-1-3-5-17)16-28-18-6-7-19-20(14-18)25(35)31(24(19)34)21-8-9-22(32)29-23(21)33/h1-7,14,21,28H,8-13,15-16,27H2,(H,29,32,33). The number of anilines is 1. The lowest BCUT2D eigenvalue weighted by atomic mass is 9.88. The van der Waals surface area contributed by atoms with E-state index < -0.39 is 29.7 Å². The molecule has 2 saturated heterocycles. The van der Waals surface area contributed by atoms with Gasteiger partial charge in [-0.3, -0.25) is 34.3 Å². The first-order chi connectivity index (χ1) is 16.8. The molecule has 9 heteroatoms. The Morgan fingerprint density at radius 2 is 1.69 bits per heavy atom. The van der Waals surface area contributed by atoms with Crippen molar-refractivity contribution in [2.75, 3.05) is 25.0 Å². The van der Waals surface area contributed by atoms with Gasteiger partial charge in [0.2, 0.25) is 11.8 Å². The number of nitrogens with zero attached hydrogens (tertiary/aromatic N) is 2. The summed E-state index contributed by atoms with van der Waals surface area (Å²) in [7, 11) is 0. The first-order valence-corrected chi connectivity index (χ1v) is 12.0. The summed E-state index contributed by atoms with van der Waals surface area (Å²) in [5, 5.41) is 5.55. The van der Waals surface area contributed by atoms with Crippen LogP contribution in [0.15, 0.2) is 48.5 Å². The predicted molar refractivity (Wildman–Crippen MR) is 129 cm³/mol. The molecule has 9 nitrogen and oxygen atoms in total. The van der Waals surface area contributed by atoms with Crippen LogP contribution in [0.5, 0.6) is 0 Å². The highest BCUT2D eigenvalue weighted by Gasteiger charge is 2.44. The van der Waals surface area contributed by atoms with E-state index in [9.17, 15) is 19.2 Å². The molecule has 3 aliphatic rings. The van der Waals surface area contributed by atoms with Crippen LogP contribution < -0.4 is 16.4 Å². The van der Waals surface area contributed by atoms with E-state index >= 15 is 0 Å². The van der Waals surface area contributed by atoms with Gasteiger partial charge in [0.15, 0.2) is 0 Å². The fourth-order valence-corrected chi connectivity index (χ4v) is 5.03. The normalized spacial score (nSPS) is 22.2. The molecule has 0 saturated carbocycles. The Morgan fingerprint density at radius 3 is 2.40 bits per heavy atom. The van der Waals surface area contributed by atoms with Crippen LogP contribution in [0.3, 0.4) is 0 Å². The maximum Gasteiger partial charge on any atom is 0.262 e. The van der Waals surface area contributed by atoms with Crippen molar-refractivity contribution in [2.24, 2.45) is 5.73 Å². The average molecular weight is 476 g/mol. The molecule has 182 valence electrons. The average Bonchev–Trinajstić information content (AvgIpc) is 3.10. The van der Waals surface area contributed by atoms with Crippen LogP contribution >= 0.6 is 0 Å². The summed E-state index contributed by atoms with van der Waals surface area (Å²) in [6.45, 7) is 3.27. The number of likely N-dealkylation sites (tertiary alicyclic amines) is 1. The second-order valence-electron chi connectivity index (χ2n) is 9.69. The quantitative estimate of drug-likeness (QED) is 0.541. The van der Waals surface area contributed by atoms with Crippen LogP contribution in [0.2, 0.25) is 0 Å². The molecule has 3 aliphatic heterocycles. The van der Waals surface area contributed by atoms with E-state index in [1.165, 1.54) is 5.56 Å². The summed E-state index contributed by atoms with van der Waals surface area (Å²) in [6.07, 6.45) is 1.92. The minimum Gasteiger partial charge on any atom is -0.383 e. The summed E-state index contributed by atoms with van der Waals surface area (Å²) in [5.41, 5.74) is 8.82. The highest BCUT2D eigenvalue weighted by Crippen LogP contribution is 2.30. The Hall–Kier alpha value is -3.56. The topological polar surface area (TPSA) is 125 Å². The monoisotopic (exact) mass is 475 g/mol. The summed E-state index contributed by atoms with van der Waals surface area (Å²) in [5.74, 6) is -2.03. The fourth-order valence-electron chi connectivity index (χ4n) is 5.03. The van der Waals surface area contributed by atoms with Gasteiger partial charge >= 0.3 is 0 Å². The van der Waals surface area contributed by atoms with Crippen molar-refractivity contribution in [3.8, 4) is 0 Å². The van der Waals surface area contributed by atoms with Crippen molar-refractivity contribution in [2.45, 2.75) is 43.8 Å². The number of fused-ring (bicyclic) bond motifs is 1. The molecule has 2 aromatic carbocycles. The number of benzene rings is 2. The van der Waals surface area contributed by atoms with E-state index in [-0.39, 0.29) is 29.5 Å². The molecule has 1 unspecified atom stereocenters. The molecule has 2 fully saturated rings. The highest BCUT2D eigenvalue weighted by molar-refractivity contribution is 6.23. The van der Waals surface area contributed by atoms with Crippen molar-refractivity contribution in [3.05, 3.63) is 65.2 Å². The molecule has 4 N–H and O–H groups in total. The number of carbonyl (C=O) groups is 4. The largest absolute Gasteiger partial charge is 0.383 e. The lowest BCUT2D eigenvalue weighted by molar-refractivity contribution is -0.136. The maximum atomic E-state index is 13.0. The van der Waals surface area contributed by atoms with E-state index in [2.05, 4.69) is 39.8 Å². The molecular weight excluding hydrogens is 446 g/mol. The number of imide groups is 2. The Kier molecular flexibility index (Phi) is 6.12. The number of amides is 4. The zero-order valence-electron chi connectivity index (χ0n) is 19.5. The van der Waals surface area contributed by atoms with Crippen LogP contribution in [0.25, 0.3) is 0 Å². The van der Waals surface area contributed by atoms with Crippen molar-refractivity contribution < 1.29 is 19.2 Å². The zero-order valence-corrected chi connectivity index (χ0v) is 19.5. The molecule has 4 amide bonds. The number of hydrogen-bond acceptors (Lipinski definition) is 7. The Morgan fingerprint density at radius 1 is 0.971 bits per heavy atom. The molecular formula is C26H29N5O4. The SMILES string of the molecule is NC1(CNc2ccc3c(c2)C(=O)N(C2CCC(=O)NC2=O)C3=O)CCN(Cc2ccccc2)CC1. The fraction of sp³-hybridized carbons (Fsp3) is 0.385. The summed E-state index contributed by atoms with van der Waals surface area (Å²) < 4.78 is 0. The second kappa shape index (κ2) is 9.24. The molecule has 0 spiro atoms. The van der Waals surface area contributed by atoms with Crippen LogP contribution in [-0.4, -0.2) is 64.6 Å². The van der Waals surface area contributed by atoms with Gasteiger partial charge in [0.05, 0.1) is 11.1 Å². The van der Waals surface area contributed by atoms with Gasteiger partial charge in [0, 0.05) is 43.8 Å². The maximum absolute atomic E-state index is 13.0. The van der Waals surface area contributed by atoms with Gasteiger partial charge in [-0.25, -0.2) is 0 Å². The molecule has 0 aromatic heterocycles. The second-order valence-corrected chi connectivity index (χ2v) is 9.69. The summed E-state index contributed by atoms with van der Waals surface area (Å²) in [6, 6.07) is 14.4. The lowest BCUT2D eigenvalue weighted by Crippen LogP contribution is -2.54. The third kappa shape index (κ3) is 4.69. The van der Waals surface area contributed by atoms with Gasteiger partial charge < -0.3 is 11.1 Å². The first-order valence-electron chi connectivity index (χ1n) is 12.0. The molecule has 0 aliphatic carbocycles. The van der Waals surface area contributed by atoms with Gasteiger partial charge in [-0.1, -0.05) is 30.3 Å². The van der Waals surface area contributed by atoms with Crippen LogP contribution in [0.4, 0.5) is 5.69 Å². The Labute approximate surface area is 203 Å². The highest BCUT2D eigenvalue weighted by atomic mass is 16.2. The Bertz CT molecular complexity index is 1170. The smallest absolute Gasteiger partial charge is 0.262 e. The molecule has 2 aromatic rings. The van der Waals surface area contributed by atoms with Gasteiger partial charge in [0.25, 0.3) is 11.8 Å². The van der Waals surface area contributed by atoms with E-state index in [4.69, 9.17) is 5.73 Å². The zero-order chi connectivity index (χ0) is 24.6. The van der Waals surface area contributed by atoms with Gasteiger partial charge in [-0.05, 0) is 43.0 Å². The van der Waals surface area contributed by atoms with E-state index in [0.717, 1.165) is 37.4 Å². The number of carbonyl (C=O) groups excluding carboxylic acids is 4. The number of nitrogens with two attached hydrogens (primary N) is 1. The van der Waals surface area contributed by atoms with Crippen molar-refractivity contribution in [1.82, 2.24) is 15.1 Å². The van der Waals surface area contributed by atoms with Crippen LogP contribution in [0, 0.1) is 0 Å². The van der Waals surface area contributed by atoms with Crippen molar-refractivity contribution in [1.29, 1.82) is 0 Å². The molecule has 0 bridgehead atoms. The third-order valence-corrected chi connectivity index (χ3v) is 7.19. The predicted octanol–water partition coefficient (Wildman–Crippen LogP) is 1.49. The number of hydrogen-bond donors (Lipinski definition) is 3. The first kappa shape index (κ1) is 23.2. The summed E-state index contributed by atoms with van der Waals surface area (Å²) >= 11 is 0. The minimum atomic E-state index is -0.968. The van der Waals surface area contributed by atoms with E-state index in [1.807, 2.05) is 6.07 Å². The Balaban J connectivity index is 1.20. The molecule has 3 heterocycles. The van der Waals surface area contributed by atoms with Crippen LogP contribution in [-0.2, 0) is 16.1 Å². The molecule has 0 radical (unpaired) electrons. The van der Waals surface area contributed by atoms with Gasteiger partial charge in [-0.15, -0.1) is 0 Å². The molecule has 35 heavy (non-hydrogen) atoms. The lowest BCUT2D eigenvalue weighted by Gasteiger charge is -2.39. The molecule has 1 atom stereocenters. The number of piperidine rings is 2. The third-order valence-electron chi connectivity index (χ3n) is 7.19. The summed E-state index contributed by atoms with van der Waals surface area (Å²) in [4.78, 5) is 52.9. The molecule has 5 rings (SSSR count). The van der Waals surface area contributed by atoms with Crippen LogP contribution in [0.1, 0.15) is 52.0 Å². The van der Waals surface area contributed by atoms with Gasteiger partial charge in [-0.2, -0.15) is 0 Å². The number of rotatable bonds is 6. The van der Waals surface area contributed by atoms with Crippen molar-refractivity contribution in [3.63, 3.8) is 0 Å². The van der Waals surface area contributed by atoms with Crippen molar-refractivity contribution >= 4 is 29.3 Å². The minimum absolute atomic E-state index is 0.0952. The van der Waals surface area contributed by atoms with E-state index in [1.54, 1.807) is 18.2 Å².